The monoisotopic (exact) mass is 1090 g/mol. The Morgan fingerprint density at radius 1 is 0.494 bits per heavy atom. The van der Waals surface area contributed by atoms with Gasteiger partial charge in [-0.25, -0.2) is 0 Å². The smallest absolute Gasteiger partial charge is 0.252 e. The van der Waals surface area contributed by atoms with Gasteiger partial charge in [0.15, 0.2) is 0 Å². The van der Waals surface area contributed by atoms with E-state index in [0.29, 0.717) is 5.92 Å². The van der Waals surface area contributed by atoms with E-state index in [9.17, 15) is 0 Å². The van der Waals surface area contributed by atoms with Gasteiger partial charge in [0.25, 0.3) is 6.71 Å². The van der Waals surface area contributed by atoms with Crippen molar-refractivity contribution in [1.29, 1.82) is 0 Å². The first kappa shape index (κ1) is 53.0. The lowest BCUT2D eigenvalue weighted by Crippen LogP contribution is -2.62. The number of anilines is 6. The Morgan fingerprint density at radius 2 is 1.12 bits per heavy atom. The second-order valence-corrected chi connectivity index (χ2v) is 31.0. The average molecular weight is 1090 g/mol. The van der Waals surface area contributed by atoms with Crippen LogP contribution in [-0.2, 0) is 38.9 Å². The highest BCUT2D eigenvalue weighted by molar-refractivity contribution is 7.00. The summed E-state index contributed by atoms with van der Waals surface area (Å²) in [7, 11) is 0. The second-order valence-electron chi connectivity index (χ2n) is 31.0. The van der Waals surface area contributed by atoms with E-state index in [0.717, 1.165) is 28.4 Å². The summed E-state index contributed by atoms with van der Waals surface area (Å²) in [6.45, 7) is 34.5. The molecule has 420 valence electrons. The molecule has 1 saturated carbocycles. The van der Waals surface area contributed by atoms with Crippen LogP contribution in [0.5, 0.6) is 0 Å². The van der Waals surface area contributed by atoms with Crippen molar-refractivity contribution >= 4 is 79.2 Å². The van der Waals surface area contributed by atoms with Gasteiger partial charge < -0.3 is 14.2 Å². The van der Waals surface area contributed by atoms with Crippen LogP contribution in [0.15, 0.2) is 150 Å². The summed E-state index contributed by atoms with van der Waals surface area (Å²) in [5.41, 5.74) is 30.1. The van der Waals surface area contributed by atoms with Gasteiger partial charge >= 0.3 is 0 Å². The molecule has 9 aromatic rings. The highest BCUT2D eigenvalue weighted by Crippen LogP contribution is 2.66. The minimum absolute atomic E-state index is 0.00818. The Bertz CT molecular complexity index is 4200. The molecule has 0 spiro atoms. The van der Waals surface area contributed by atoms with E-state index < -0.39 is 0 Å². The molecule has 1 fully saturated rings. The second kappa shape index (κ2) is 17.7. The Labute approximate surface area is 496 Å². The molecule has 15 rings (SSSR count). The molecule has 4 heteroatoms. The minimum Gasteiger partial charge on any atom is -0.456 e. The maximum absolute atomic E-state index is 6.78. The van der Waals surface area contributed by atoms with Crippen LogP contribution in [0.25, 0.3) is 33.1 Å². The molecular weight excluding hydrogens is 1000 g/mol. The van der Waals surface area contributed by atoms with Crippen LogP contribution in [0.1, 0.15) is 197 Å². The zero-order valence-corrected chi connectivity index (χ0v) is 52.2. The van der Waals surface area contributed by atoms with Crippen LogP contribution < -0.4 is 26.2 Å². The van der Waals surface area contributed by atoms with Crippen molar-refractivity contribution in [3.05, 3.63) is 196 Å². The maximum atomic E-state index is 6.78. The Hall–Kier alpha value is -6.78. The topological polar surface area (TPSA) is 19.6 Å². The van der Waals surface area contributed by atoms with E-state index >= 15 is 0 Å². The molecule has 6 aliphatic rings. The summed E-state index contributed by atoms with van der Waals surface area (Å²) in [5, 5.41) is 2.32. The first-order valence-corrected chi connectivity index (χ1v) is 31.7. The summed E-state index contributed by atoms with van der Waals surface area (Å²) < 4.78 is 6.78. The van der Waals surface area contributed by atoms with Gasteiger partial charge in [0, 0.05) is 33.8 Å². The van der Waals surface area contributed by atoms with Crippen molar-refractivity contribution in [2.24, 2.45) is 5.41 Å². The van der Waals surface area contributed by atoms with Crippen molar-refractivity contribution in [3.8, 4) is 11.1 Å². The van der Waals surface area contributed by atoms with Gasteiger partial charge in [-0.3, -0.25) is 0 Å². The number of nitrogens with zero attached hydrogens (tertiary/aromatic N) is 2. The number of fused-ring (bicyclic) bond motifs is 12. The van der Waals surface area contributed by atoms with E-state index in [1.807, 2.05) is 0 Å². The highest BCUT2D eigenvalue weighted by Gasteiger charge is 2.58. The van der Waals surface area contributed by atoms with Crippen LogP contribution >= 0.6 is 0 Å². The number of hydrogen-bond donors (Lipinski definition) is 0. The summed E-state index contributed by atoms with van der Waals surface area (Å²) in [5.74, 6) is 0.380. The molecule has 1 aromatic heterocycles. The minimum atomic E-state index is 0.00818. The van der Waals surface area contributed by atoms with Crippen LogP contribution in [0.4, 0.5) is 34.1 Å². The fraction of sp³-hybridized carbons (Fsp3) is 0.392. The normalized spacial score (nSPS) is 23.0. The summed E-state index contributed by atoms with van der Waals surface area (Å²) >= 11 is 0. The molecule has 0 N–H and O–H groups in total. The number of para-hydroxylation sites is 1. The summed E-state index contributed by atoms with van der Waals surface area (Å²) in [6.07, 6.45) is 10.7. The first-order chi connectivity index (χ1) is 39.4. The van der Waals surface area contributed by atoms with E-state index in [1.54, 1.807) is 11.1 Å². The van der Waals surface area contributed by atoms with Gasteiger partial charge in [0.05, 0.1) is 11.1 Å². The lowest BCUT2D eigenvalue weighted by molar-refractivity contribution is 0.0795. The number of aryl methyl sites for hydroxylation is 1. The van der Waals surface area contributed by atoms with Crippen molar-refractivity contribution < 1.29 is 4.42 Å². The standard InChI is InChI=1S/C79H85BN2O/c1-48-40-67-72-68(41-48)82(64-21-19-23-70-71(64)55-20-15-16-22-69(55)83-70)65-43-49(42-57-54-31-27-51(50-25-28-52(29-26-50)73(2,3)4)44-58(54)79(14)35-18-17-34-78(57,79)13)24-33-62(65)80(72)63-46-60-61(77(11,12)39-38-76(60,9)10)47-66(63)81(67)53-30-32-56-59(45-53)75(7,8)37-36-74(56,5)6/h15-16,19-33,40-41,43-47,57H,17-18,34-39,42H2,1-14H3. The van der Waals surface area contributed by atoms with Gasteiger partial charge in [-0.1, -0.05) is 194 Å². The number of rotatable bonds is 5. The highest BCUT2D eigenvalue weighted by atomic mass is 16.3. The van der Waals surface area contributed by atoms with Crippen LogP contribution in [0, 0.1) is 12.3 Å². The average Bonchev–Trinajstić information content (AvgIpc) is 1.83. The summed E-state index contributed by atoms with van der Waals surface area (Å²) in [6, 6.07) is 58.3. The van der Waals surface area contributed by atoms with Crippen molar-refractivity contribution in [2.45, 2.75) is 193 Å². The van der Waals surface area contributed by atoms with Gasteiger partial charge in [-0.15, -0.1) is 0 Å². The fourth-order valence-corrected chi connectivity index (χ4v) is 17.7. The summed E-state index contributed by atoms with van der Waals surface area (Å²) in [4.78, 5) is 5.40. The molecule has 0 saturated heterocycles. The molecule has 4 aliphatic carbocycles. The Morgan fingerprint density at radius 3 is 1.84 bits per heavy atom. The van der Waals surface area contributed by atoms with Gasteiger partial charge in [0.2, 0.25) is 0 Å². The first-order valence-electron chi connectivity index (χ1n) is 31.7. The molecule has 3 unspecified atom stereocenters. The molecule has 83 heavy (non-hydrogen) atoms. The molecule has 3 heterocycles. The third kappa shape index (κ3) is 7.68. The maximum Gasteiger partial charge on any atom is 0.252 e. The molecule has 0 radical (unpaired) electrons. The van der Waals surface area contributed by atoms with Crippen LogP contribution in [0.3, 0.4) is 0 Å². The van der Waals surface area contributed by atoms with Gasteiger partial charge in [0.1, 0.15) is 11.2 Å². The van der Waals surface area contributed by atoms with E-state index in [4.69, 9.17) is 4.42 Å². The predicted octanol–water partition coefficient (Wildman–Crippen LogP) is 19.8. The van der Waals surface area contributed by atoms with Gasteiger partial charge in [-0.2, -0.15) is 0 Å². The molecule has 8 aromatic carbocycles. The quantitative estimate of drug-likeness (QED) is 0.160. The third-order valence-corrected chi connectivity index (χ3v) is 23.2. The van der Waals surface area contributed by atoms with E-state index in [2.05, 4.69) is 252 Å². The zero-order chi connectivity index (χ0) is 57.7. The van der Waals surface area contributed by atoms with Crippen LogP contribution in [-0.4, -0.2) is 6.71 Å². The molecule has 0 bridgehead atoms. The molecule has 0 amide bonds. The fourth-order valence-electron chi connectivity index (χ4n) is 17.7. The van der Waals surface area contributed by atoms with Crippen molar-refractivity contribution in [1.82, 2.24) is 0 Å². The van der Waals surface area contributed by atoms with E-state index in [-0.39, 0.29) is 44.6 Å². The number of benzene rings is 8. The molecular formula is C79H85BN2O. The zero-order valence-electron chi connectivity index (χ0n) is 52.2. The SMILES string of the molecule is Cc1cc2c3c(c1)N(c1cccc4oc5ccccc5c14)c1cc(CC4c5ccc(-c6ccc(C(C)(C)C)cc6)cc5C5(C)CCCCC45C)ccc1B3c1cc3c(cc1N2c1ccc2c(c1)C(C)(C)CCC2(C)C)C(C)(C)CCC3(C)C. The Balaban J connectivity index is 0.964. The molecule has 3 atom stereocenters. The van der Waals surface area contributed by atoms with Gasteiger partial charge in [-0.05, 0) is 228 Å². The molecule has 3 nitrogen and oxygen atoms in total. The van der Waals surface area contributed by atoms with Crippen molar-refractivity contribution in [3.63, 3.8) is 0 Å². The predicted molar refractivity (Wildman–Crippen MR) is 354 cm³/mol. The third-order valence-electron chi connectivity index (χ3n) is 23.2. The van der Waals surface area contributed by atoms with Crippen molar-refractivity contribution in [2.75, 3.05) is 9.80 Å². The molecule has 2 aliphatic heterocycles. The lowest BCUT2D eigenvalue weighted by Gasteiger charge is -2.49. The van der Waals surface area contributed by atoms with E-state index in [1.165, 1.54) is 152 Å². The number of hydrogen-bond acceptors (Lipinski definition) is 3. The van der Waals surface area contributed by atoms with Crippen LogP contribution in [0.2, 0.25) is 0 Å². The largest absolute Gasteiger partial charge is 0.456 e. The lowest BCUT2D eigenvalue weighted by atomic mass is 9.33. The number of furan rings is 1. The Kier molecular flexibility index (Phi) is 11.3.